The van der Waals surface area contributed by atoms with Crippen LogP contribution in [0.15, 0.2) is 40.7 Å². The van der Waals surface area contributed by atoms with Crippen LogP contribution in [0.3, 0.4) is 0 Å². The van der Waals surface area contributed by atoms with Crippen LogP contribution in [0.4, 0.5) is 0 Å². The van der Waals surface area contributed by atoms with Crippen molar-refractivity contribution in [3.63, 3.8) is 0 Å². The highest BCUT2D eigenvalue weighted by atomic mass is 35.5. The highest BCUT2D eigenvalue weighted by Crippen LogP contribution is 2.41. The number of carboxylic acids is 1. The first-order valence-corrected chi connectivity index (χ1v) is 7.42. The van der Waals surface area contributed by atoms with Gasteiger partial charge in [-0.1, -0.05) is 23.7 Å². The molecule has 1 aromatic rings. The quantitative estimate of drug-likeness (QED) is 0.830. The molecule has 122 valence electrons. The third-order valence-corrected chi connectivity index (χ3v) is 4.43. The Kier molecular flexibility index (Phi) is 4.80. The van der Waals surface area contributed by atoms with E-state index in [1.807, 2.05) is 0 Å². The van der Waals surface area contributed by atoms with E-state index in [9.17, 15) is 14.7 Å². The molecule has 0 bridgehead atoms. The summed E-state index contributed by atoms with van der Waals surface area (Å²) in [4.78, 5) is 24.1. The van der Waals surface area contributed by atoms with E-state index in [1.165, 1.54) is 7.11 Å². The molecule has 0 saturated carbocycles. The normalized spacial score (nSPS) is 17.9. The van der Waals surface area contributed by atoms with Crippen LogP contribution < -0.4 is 5.32 Å². The zero-order valence-electron chi connectivity index (χ0n) is 13.4. The molecule has 0 amide bonds. The molecule has 0 saturated heterocycles. The fraction of sp³-hybridized carbons (Fsp3) is 0.294. The number of benzene rings is 1. The van der Waals surface area contributed by atoms with Crippen molar-refractivity contribution in [2.24, 2.45) is 0 Å². The first-order chi connectivity index (χ1) is 10.8. The van der Waals surface area contributed by atoms with Gasteiger partial charge < -0.3 is 15.2 Å². The van der Waals surface area contributed by atoms with E-state index in [2.05, 4.69) is 5.32 Å². The highest BCUT2D eigenvalue weighted by Gasteiger charge is 2.37. The van der Waals surface area contributed by atoms with Crippen molar-refractivity contribution in [2.45, 2.75) is 26.7 Å². The predicted octanol–water partition coefficient (Wildman–Crippen LogP) is 3.14. The number of dihydropyridines is 1. The average molecular weight is 336 g/mol. The first kappa shape index (κ1) is 17.1. The van der Waals surface area contributed by atoms with E-state index >= 15 is 0 Å². The maximum atomic E-state index is 12.3. The van der Waals surface area contributed by atoms with Crippen molar-refractivity contribution in [1.82, 2.24) is 5.32 Å². The summed E-state index contributed by atoms with van der Waals surface area (Å²) in [6, 6.07) is 5.25. The minimum absolute atomic E-state index is 0.112. The number of ether oxygens (including phenoxy) is 1. The van der Waals surface area contributed by atoms with Crippen LogP contribution in [0.25, 0.3) is 0 Å². The Bertz CT molecular complexity index is 749. The van der Waals surface area contributed by atoms with Crippen LogP contribution >= 0.6 is 11.6 Å². The summed E-state index contributed by atoms with van der Waals surface area (Å²) < 4.78 is 4.86. The molecular weight excluding hydrogens is 318 g/mol. The lowest BCUT2D eigenvalue weighted by molar-refractivity contribution is -0.136. The van der Waals surface area contributed by atoms with Gasteiger partial charge in [0.1, 0.15) is 0 Å². The molecule has 0 radical (unpaired) electrons. The fourth-order valence-electron chi connectivity index (χ4n) is 2.91. The van der Waals surface area contributed by atoms with Crippen molar-refractivity contribution in [1.29, 1.82) is 0 Å². The molecule has 0 aromatic heterocycles. The van der Waals surface area contributed by atoms with Crippen molar-refractivity contribution in [3.8, 4) is 0 Å². The number of esters is 1. The van der Waals surface area contributed by atoms with E-state index in [1.54, 1.807) is 39.0 Å². The maximum Gasteiger partial charge on any atom is 0.336 e. The lowest BCUT2D eigenvalue weighted by atomic mass is 9.79. The second-order valence-corrected chi connectivity index (χ2v) is 5.79. The smallest absolute Gasteiger partial charge is 0.336 e. The summed E-state index contributed by atoms with van der Waals surface area (Å²) in [5.41, 5.74) is 2.87. The summed E-state index contributed by atoms with van der Waals surface area (Å²) in [5, 5.41) is 13.1. The van der Waals surface area contributed by atoms with E-state index in [0.29, 0.717) is 22.0 Å². The zero-order valence-corrected chi connectivity index (χ0v) is 14.1. The molecule has 1 atom stereocenters. The molecule has 5 nitrogen and oxygen atoms in total. The summed E-state index contributed by atoms with van der Waals surface area (Å²) in [5.74, 6) is -2.39. The lowest BCUT2D eigenvalue weighted by Gasteiger charge is -2.30. The molecule has 2 N–H and O–H groups in total. The number of hydrogen-bond donors (Lipinski definition) is 2. The molecule has 1 heterocycles. The highest BCUT2D eigenvalue weighted by molar-refractivity contribution is 6.31. The Hall–Kier alpha value is -2.27. The molecule has 6 heteroatoms. The number of allylic oxidation sites excluding steroid dienone is 2. The molecule has 1 aromatic carbocycles. The monoisotopic (exact) mass is 335 g/mol. The first-order valence-electron chi connectivity index (χ1n) is 7.04. The Labute approximate surface area is 139 Å². The number of carboxylic acid groups (broad SMARTS) is 1. The molecule has 0 spiro atoms. The Balaban J connectivity index is 2.77. The van der Waals surface area contributed by atoms with Crippen molar-refractivity contribution in [3.05, 3.63) is 56.9 Å². The SMILES string of the molecule is COC(=O)C1=C(C)NC(C)=C(C(=O)O)C1c1cccc(Cl)c1C. The minimum atomic E-state index is -1.09. The van der Waals surface area contributed by atoms with Crippen LogP contribution in [0.2, 0.25) is 5.02 Å². The number of carbonyl (C=O) groups excluding carboxylic acids is 1. The second kappa shape index (κ2) is 6.46. The van der Waals surface area contributed by atoms with Gasteiger partial charge in [-0.15, -0.1) is 0 Å². The van der Waals surface area contributed by atoms with Crippen LogP contribution in [0, 0.1) is 6.92 Å². The van der Waals surface area contributed by atoms with Crippen LogP contribution in [0.5, 0.6) is 0 Å². The van der Waals surface area contributed by atoms with Gasteiger partial charge in [-0.25, -0.2) is 9.59 Å². The minimum Gasteiger partial charge on any atom is -0.478 e. The molecule has 1 aliphatic rings. The van der Waals surface area contributed by atoms with Gasteiger partial charge in [-0.2, -0.15) is 0 Å². The number of halogens is 1. The van der Waals surface area contributed by atoms with Gasteiger partial charge in [0.25, 0.3) is 0 Å². The van der Waals surface area contributed by atoms with Crippen molar-refractivity contribution in [2.75, 3.05) is 7.11 Å². The number of hydrogen-bond acceptors (Lipinski definition) is 4. The van der Waals surface area contributed by atoms with E-state index in [-0.39, 0.29) is 11.1 Å². The number of aliphatic carboxylic acids is 1. The average Bonchev–Trinajstić information content (AvgIpc) is 2.48. The van der Waals surface area contributed by atoms with Crippen molar-refractivity contribution >= 4 is 23.5 Å². The molecular formula is C17H18ClNO4. The number of nitrogens with one attached hydrogen (secondary N) is 1. The fourth-order valence-corrected chi connectivity index (χ4v) is 3.09. The molecule has 1 aliphatic heterocycles. The van der Waals surface area contributed by atoms with Gasteiger partial charge in [0.2, 0.25) is 0 Å². The summed E-state index contributed by atoms with van der Waals surface area (Å²) in [6.45, 7) is 5.20. The van der Waals surface area contributed by atoms with Gasteiger partial charge in [-0.3, -0.25) is 0 Å². The molecule has 23 heavy (non-hydrogen) atoms. The van der Waals surface area contributed by atoms with Gasteiger partial charge >= 0.3 is 11.9 Å². The number of methoxy groups -OCH3 is 1. The van der Waals surface area contributed by atoms with Gasteiger partial charge in [0.15, 0.2) is 0 Å². The summed E-state index contributed by atoms with van der Waals surface area (Å²) in [6.07, 6.45) is 0. The third-order valence-electron chi connectivity index (χ3n) is 4.02. The summed E-state index contributed by atoms with van der Waals surface area (Å²) in [7, 11) is 1.27. The number of rotatable bonds is 3. The maximum absolute atomic E-state index is 12.3. The van der Waals surface area contributed by atoms with E-state index in [4.69, 9.17) is 16.3 Å². The van der Waals surface area contributed by atoms with E-state index < -0.39 is 17.9 Å². The van der Waals surface area contributed by atoms with E-state index in [0.717, 1.165) is 5.56 Å². The second-order valence-electron chi connectivity index (χ2n) is 5.39. The van der Waals surface area contributed by atoms with Gasteiger partial charge in [0, 0.05) is 16.4 Å². The topological polar surface area (TPSA) is 75.6 Å². The molecule has 2 rings (SSSR count). The predicted molar refractivity (Wildman–Crippen MR) is 87.1 cm³/mol. The number of carbonyl (C=O) groups is 2. The largest absolute Gasteiger partial charge is 0.478 e. The molecule has 1 unspecified atom stereocenters. The Morgan fingerprint density at radius 3 is 2.35 bits per heavy atom. The Morgan fingerprint density at radius 2 is 1.78 bits per heavy atom. The molecule has 0 fully saturated rings. The summed E-state index contributed by atoms with van der Waals surface area (Å²) >= 11 is 6.18. The van der Waals surface area contributed by atoms with Crippen LogP contribution in [-0.4, -0.2) is 24.2 Å². The Morgan fingerprint density at radius 1 is 1.17 bits per heavy atom. The molecule has 0 aliphatic carbocycles. The zero-order chi connectivity index (χ0) is 17.3. The standard InChI is InChI=1S/C17H18ClNO4/c1-8-11(6-5-7-12(8)18)15-13(16(20)21)9(2)19-10(3)14(15)17(22)23-4/h5-7,15,19H,1-4H3,(H,20,21). The lowest BCUT2D eigenvalue weighted by Crippen LogP contribution is -2.31. The van der Waals surface area contributed by atoms with Crippen LogP contribution in [-0.2, 0) is 14.3 Å². The van der Waals surface area contributed by atoms with Crippen molar-refractivity contribution < 1.29 is 19.4 Å². The van der Waals surface area contributed by atoms with Gasteiger partial charge in [-0.05, 0) is 38.0 Å². The van der Waals surface area contributed by atoms with Gasteiger partial charge in [0.05, 0.1) is 24.2 Å². The third kappa shape index (κ3) is 2.97. The van der Waals surface area contributed by atoms with Crippen LogP contribution in [0.1, 0.15) is 30.9 Å².